The molecule has 0 radical (unpaired) electrons. The molecule has 0 aliphatic rings. The first-order valence-electron chi connectivity index (χ1n) is 3.03. The lowest BCUT2D eigenvalue weighted by atomic mass is 10.2. The molecule has 0 saturated heterocycles. The van der Waals surface area contributed by atoms with Gasteiger partial charge in [0, 0.05) is 5.56 Å². The predicted octanol–water partition coefficient (Wildman–Crippen LogP) is 2.42. The summed E-state index contributed by atoms with van der Waals surface area (Å²) in [6, 6.07) is 4.18. The summed E-state index contributed by atoms with van der Waals surface area (Å²) in [5.74, 6) is -0.577. The van der Waals surface area contributed by atoms with Crippen LogP contribution in [0.1, 0.15) is 10.4 Å². The maximum absolute atomic E-state index is 12.0. The molecule has 0 heterocycles. The molecule has 0 atom stereocenters. The highest BCUT2D eigenvalue weighted by Crippen LogP contribution is 2.28. The molecule has 0 spiro atoms. The van der Waals surface area contributed by atoms with Gasteiger partial charge in [-0.1, -0.05) is 11.6 Å². The maximum atomic E-state index is 12.0. The van der Waals surface area contributed by atoms with E-state index in [9.17, 15) is 8.68 Å². The van der Waals surface area contributed by atoms with Gasteiger partial charge in [0.25, 0.3) is 0 Å². The summed E-state index contributed by atoms with van der Waals surface area (Å²) < 4.78 is 12.0. The quantitative estimate of drug-likeness (QED) is 0.806. The van der Waals surface area contributed by atoms with Crippen LogP contribution in [-0.4, -0.2) is 5.91 Å². The Morgan fingerprint density at radius 1 is 1.58 bits per heavy atom. The minimum atomic E-state index is -0.577. The van der Waals surface area contributed by atoms with Gasteiger partial charge in [0.2, 0.25) is 5.91 Å². The van der Waals surface area contributed by atoms with Crippen LogP contribution in [0.15, 0.2) is 23.1 Å². The van der Waals surface area contributed by atoms with Crippen LogP contribution < -0.4 is 5.73 Å². The molecule has 0 aliphatic carbocycles. The van der Waals surface area contributed by atoms with Crippen LogP contribution in [0.3, 0.4) is 0 Å². The molecule has 0 bridgehead atoms. The highest BCUT2D eigenvalue weighted by Gasteiger charge is 2.05. The Morgan fingerprint density at radius 2 is 2.25 bits per heavy atom. The number of rotatable bonds is 2. The smallest absolute Gasteiger partial charge is 0.248 e. The van der Waals surface area contributed by atoms with Gasteiger partial charge in [0.15, 0.2) is 0 Å². The standard InChI is InChI=1S/C7H5ClFNOS/c8-5-3-4(7(10)11)1-2-6(5)12-9/h1-3H,(H2,10,11). The number of carbonyl (C=O) groups excluding carboxylic acids is 1. The van der Waals surface area contributed by atoms with Crippen molar-refractivity contribution in [3.8, 4) is 0 Å². The number of benzene rings is 1. The van der Waals surface area contributed by atoms with Gasteiger partial charge in [0.05, 0.1) is 22.1 Å². The van der Waals surface area contributed by atoms with E-state index >= 15 is 0 Å². The minimum absolute atomic E-state index is 0.0318. The Balaban J connectivity index is 3.10. The SMILES string of the molecule is NC(=O)c1ccc(SF)c(Cl)c1. The number of carbonyl (C=O) groups is 1. The van der Waals surface area contributed by atoms with E-state index < -0.39 is 5.91 Å². The molecular formula is C7H5ClFNOS. The van der Waals surface area contributed by atoms with E-state index in [-0.39, 0.29) is 27.6 Å². The summed E-state index contributed by atoms with van der Waals surface area (Å²) in [4.78, 5) is 10.9. The van der Waals surface area contributed by atoms with E-state index in [1.165, 1.54) is 18.2 Å². The molecule has 12 heavy (non-hydrogen) atoms. The van der Waals surface area contributed by atoms with Gasteiger partial charge in [-0.3, -0.25) is 4.79 Å². The first-order chi connectivity index (χ1) is 5.65. The highest BCUT2D eigenvalue weighted by molar-refractivity contribution is 7.94. The third kappa shape index (κ3) is 1.89. The third-order valence-electron chi connectivity index (χ3n) is 1.30. The van der Waals surface area contributed by atoms with E-state index in [4.69, 9.17) is 17.3 Å². The Bertz CT molecular complexity index is 318. The summed E-state index contributed by atoms with van der Waals surface area (Å²) in [6.07, 6.45) is 0. The van der Waals surface area contributed by atoms with Gasteiger partial charge < -0.3 is 5.73 Å². The van der Waals surface area contributed by atoms with E-state index in [2.05, 4.69) is 0 Å². The number of nitrogens with two attached hydrogens (primary N) is 1. The number of primary amides is 1. The molecule has 2 nitrogen and oxygen atoms in total. The summed E-state index contributed by atoms with van der Waals surface area (Å²) in [5, 5.41) is 0.193. The molecule has 1 aromatic rings. The molecule has 0 fully saturated rings. The van der Waals surface area contributed by atoms with E-state index in [0.717, 1.165) is 0 Å². The Kier molecular flexibility index (Phi) is 2.94. The van der Waals surface area contributed by atoms with Crippen LogP contribution in [-0.2, 0) is 0 Å². The molecular weight excluding hydrogens is 201 g/mol. The predicted molar refractivity (Wildman–Crippen MR) is 46.9 cm³/mol. The van der Waals surface area contributed by atoms with Crippen molar-refractivity contribution in [3.63, 3.8) is 0 Å². The van der Waals surface area contributed by atoms with Crippen molar-refractivity contribution in [1.82, 2.24) is 0 Å². The molecule has 1 aromatic carbocycles. The van der Waals surface area contributed by atoms with E-state index in [1.54, 1.807) is 0 Å². The van der Waals surface area contributed by atoms with Gasteiger partial charge in [-0.15, -0.1) is 0 Å². The van der Waals surface area contributed by atoms with Crippen LogP contribution in [0.5, 0.6) is 0 Å². The first kappa shape index (κ1) is 9.35. The van der Waals surface area contributed by atoms with Gasteiger partial charge in [-0.2, -0.15) is 3.89 Å². The fourth-order valence-corrected chi connectivity index (χ4v) is 1.24. The van der Waals surface area contributed by atoms with E-state index in [0.29, 0.717) is 0 Å². The van der Waals surface area contributed by atoms with Gasteiger partial charge >= 0.3 is 0 Å². The van der Waals surface area contributed by atoms with Crippen LogP contribution in [0.2, 0.25) is 5.02 Å². The lowest BCUT2D eigenvalue weighted by molar-refractivity contribution is 0.1000. The van der Waals surface area contributed by atoms with Crippen molar-refractivity contribution in [2.75, 3.05) is 0 Å². The number of hydrogen-bond acceptors (Lipinski definition) is 2. The van der Waals surface area contributed by atoms with Crippen molar-refractivity contribution in [2.24, 2.45) is 5.73 Å². The number of hydrogen-bond donors (Lipinski definition) is 1. The largest absolute Gasteiger partial charge is 0.366 e. The molecule has 1 amide bonds. The van der Waals surface area contributed by atoms with Crippen molar-refractivity contribution in [2.45, 2.75) is 4.90 Å². The second-order valence-corrected chi connectivity index (χ2v) is 3.09. The monoisotopic (exact) mass is 205 g/mol. The summed E-state index contributed by atoms with van der Waals surface area (Å²) >= 11 is 5.64. The Morgan fingerprint density at radius 3 is 2.67 bits per heavy atom. The van der Waals surface area contributed by atoms with Gasteiger partial charge in [-0.25, -0.2) is 0 Å². The van der Waals surface area contributed by atoms with Crippen molar-refractivity contribution in [3.05, 3.63) is 28.8 Å². The second kappa shape index (κ2) is 3.78. The molecule has 64 valence electrons. The Hall–Kier alpha value is -0.740. The molecule has 0 aromatic heterocycles. The van der Waals surface area contributed by atoms with Crippen molar-refractivity contribution >= 4 is 29.7 Å². The molecule has 1 rings (SSSR count). The fourth-order valence-electron chi connectivity index (χ4n) is 0.717. The zero-order valence-electron chi connectivity index (χ0n) is 5.88. The zero-order valence-corrected chi connectivity index (χ0v) is 7.45. The lowest BCUT2D eigenvalue weighted by Crippen LogP contribution is -2.10. The average Bonchev–Trinajstić information content (AvgIpc) is 2.04. The summed E-state index contributed by atoms with van der Waals surface area (Å²) in [7, 11) is 0. The average molecular weight is 206 g/mol. The summed E-state index contributed by atoms with van der Waals surface area (Å²) in [6.45, 7) is 0. The fraction of sp³-hybridized carbons (Fsp3) is 0. The number of amides is 1. The molecule has 0 aliphatic heterocycles. The topological polar surface area (TPSA) is 43.1 Å². The van der Waals surface area contributed by atoms with Crippen molar-refractivity contribution < 1.29 is 8.68 Å². The van der Waals surface area contributed by atoms with Crippen LogP contribution in [0.4, 0.5) is 3.89 Å². The zero-order chi connectivity index (χ0) is 9.14. The van der Waals surface area contributed by atoms with E-state index in [1.807, 2.05) is 0 Å². The number of halogens is 2. The minimum Gasteiger partial charge on any atom is -0.366 e. The maximum Gasteiger partial charge on any atom is 0.248 e. The molecule has 0 saturated carbocycles. The van der Waals surface area contributed by atoms with Gasteiger partial charge in [0.1, 0.15) is 0 Å². The second-order valence-electron chi connectivity index (χ2n) is 2.09. The molecule has 0 unspecified atom stereocenters. The first-order valence-corrected chi connectivity index (χ1v) is 4.12. The molecule has 5 heteroatoms. The highest BCUT2D eigenvalue weighted by atomic mass is 35.5. The summed E-state index contributed by atoms with van der Waals surface area (Å²) in [5.41, 5.74) is 5.25. The van der Waals surface area contributed by atoms with Crippen LogP contribution in [0, 0.1) is 0 Å². The normalized spacial score (nSPS) is 9.83. The van der Waals surface area contributed by atoms with Crippen LogP contribution >= 0.6 is 23.7 Å². The Labute approximate surface area is 78.2 Å². The van der Waals surface area contributed by atoms with Gasteiger partial charge in [-0.05, 0) is 18.2 Å². The lowest BCUT2D eigenvalue weighted by Gasteiger charge is -1.99. The molecule has 2 N–H and O–H groups in total. The van der Waals surface area contributed by atoms with Crippen LogP contribution in [0.25, 0.3) is 0 Å². The van der Waals surface area contributed by atoms with Crippen molar-refractivity contribution in [1.29, 1.82) is 0 Å². The third-order valence-corrected chi connectivity index (χ3v) is 2.25.